The van der Waals surface area contributed by atoms with Gasteiger partial charge in [-0.3, -0.25) is 4.79 Å². The predicted molar refractivity (Wildman–Crippen MR) is 120 cm³/mol. The maximum absolute atomic E-state index is 10.3. The highest BCUT2D eigenvalue weighted by Gasteiger charge is 2.22. The maximum Gasteiger partial charge on any atom is 0.207 e. The second kappa shape index (κ2) is 9.66. The van der Waals surface area contributed by atoms with E-state index in [2.05, 4.69) is 40.6 Å². The number of nitrogens with zero attached hydrogens (tertiary/aromatic N) is 2. The Morgan fingerprint density at radius 3 is 2.61 bits per heavy atom. The molecule has 31 heavy (non-hydrogen) atoms. The highest BCUT2D eigenvalue weighted by Crippen LogP contribution is 2.41. The molecule has 7 heteroatoms. The van der Waals surface area contributed by atoms with Gasteiger partial charge in [-0.25, -0.2) is 0 Å². The van der Waals surface area contributed by atoms with E-state index in [-0.39, 0.29) is 11.5 Å². The molecule has 0 bridgehead atoms. The molecular weight excluding hydrogens is 394 g/mol. The summed E-state index contributed by atoms with van der Waals surface area (Å²) in [6.07, 6.45) is 1.70. The van der Waals surface area contributed by atoms with E-state index in [1.807, 2.05) is 13.8 Å². The lowest BCUT2D eigenvalue weighted by atomic mass is 9.92. The molecule has 1 amide bonds. The van der Waals surface area contributed by atoms with Crippen LogP contribution >= 0.6 is 0 Å². The molecule has 0 spiro atoms. The fourth-order valence-corrected chi connectivity index (χ4v) is 3.69. The summed E-state index contributed by atoms with van der Waals surface area (Å²) >= 11 is 0. The normalized spacial score (nSPS) is 13.2. The fraction of sp³-hybridized carbons (Fsp3) is 0.333. The Morgan fingerprint density at radius 1 is 1.16 bits per heavy atom. The van der Waals surface area contributed by atoms with Crippen molar-refractivity contribution in [3.63, 3.8) is 0 Å². The van der Waals surface area contributed by atoms with Crippen LogP contribution in [-0.4, -0.2) is 46.8 Å². The quantitative estimate of drug-likeness (QED) is 0.553. The molecule has 0 saturated heterocycles. The van der Waals surface area contributed by atoms with Gasteiger partial charge in [0.1, 0.15) is 11.5 Å². The van der Waals surface area contributed by atoms with Gasteiger partial charge in [0.25, 0.3) is 0 Å². The van der Waals surface area contributed by atoms with Crippen LogP contribution in [0, 0.1) is 13.8 Å². The molecule has 1 aliphatic heterocycles. The lowest BCUT2D eigenvalue weighted by Gasteiger charge is -2.25. The van der Waals surface area contributed by atoms with Crippen molar-refractivity contribution in [2.75, 3.05) is 20.1 Å². The van der Waals surface area contributed by atoms with Gasteiger partial charge in [-0.05, 0) is 62.6 Å². The number of fused-ring (bicyclic) bond motifs is 1. The molecule has 1 aliphatic rings. The average molecular weight is 424 g/mol. The summed E-state index contributed by atoms with van der Waals surface area (Å²) in [5, 5.41) is 26.7. The van der Waals surface area contributed by atoms with Crippen LogP contribution in [-0.2, 0) is 17.8 Å². The topological polar surface area (TPSA) is 98.8 Å². The molecule has 0 saturated carbocycles. The highest BCUT2D eigenvalue weighted by molar-refractivity contribution is 5.84. The van der Waals surface area contributed by atoms with Crippen molar-refractivity contribution in [3.8, 4) is 33.9 Å². The van der Waals surface area contributed by atoms with Gasteiger partial charge in [0.15, 0.2) is 5.76 Å². The summed E-state index contributed by atoms with van der Waals surface area (Å²) in [6, 6.07) is 9.52. The van der Waals surface area contributed by atoms with Gasteiger partial charge in [0.05, 0.1) is 16.8 Å². The van der Waals surface area contributed by atoms with Crippen LogP contribution in [0.3, 0.4) is 0 Å². The molecule has 0 aliphatic carbocycles. The van der Waals surface area contributed by atoms with E-state index in [1.54, 1.807) is 13.0 Å². The number of carbonyl (C=O) groups is 1. The Morgan fingerprint density at radius 2 is 1.94 bits per heavy atom. The Hall–Kier alpha value is -3.32. The second-order valence-corrected chi connectivity index (χ2v) is 7.77. The van der Waals surface area contributed by atoms with Gasteiger partial charge >= 0.3 is 0 Å². The van der Waals surface area contributed by atoms with Crippen LogP contribution in [0.25, 0.3) is 22.5 Å². The van der Waals surface area contributed by atoms with Crippen LogP contribution in [0.1, 0.15) is 29.3 Å². The first-order chi connectivity index (χ1) is 14.8. The first kappa shape index (κ1) is 22.4. The molecule has 0 fully saturated rings. The molecule has 3 aromatic rings. The molecular formula is C24H29N3O4. The number of hydrogen-bond acceptors (Lipinski definition) is 6. The monoisotopic (exact) mass is 423 g/mol. The van der Waals surface area contributed by atoms with E-state index in [9.17, 15) is 15.0 Å². The van der Waals surface area contributed by atoms with Crippen LogP contribution in [0.2, 0.25) is 0 Å². The van der Waals surface area contributed by atoms with Gasteiger partial charge in [-0.2, -0.15) is 0 Å². The number of phenols is 2. The van der Waals surface area contributed by atoms with Crippen molar-refractivity contribution in [2.45, 2.75) is 33.7 Å². The lowest BCUT2D eigenvalue weighted by Crippen LogP contribution is -2.26. The average Bonchev–Trinajstić information content (AvgIpc) is 3.12. The third-order valence-corrected chi connectivity index (χ3v) is 5.41. The van der Waals surface area contributed by atoms with Crippen molar-refractivity contribution in [1.29, 1.82) is 0 Å². The Balaban J connectivity index is 0.000000491. The zero-order chi connectivity index (χ0) is 22.5. The second-order valence-electron chi connectivity index (χ2n) is 7.77. The van der Waals surface area contributed by atoms with Gasteiger partial charge in [-0.1, -0.05) is 23.4 Å². The molecule has 0 atom stereocenters. The minimum atomic E-state index is -0.0231. The predicted octanol–water partition coefficient (Wildman–Crippen LogP) is 3.78. The number of benzene rings is 2. The van der Waals surface area contributed by atoms with E-state index >= 15 is 0 Å². The van der Waals surface area contributed by atoms with Crippen molar-refractivity contribution >= 4 is 6.41 Å². The standard InChI is InChI=1S/C21H22N2O3.C3H7NO/c1-12-8-17(19(25)10-18(12)24)21-20(13(2)22-26-21)15-4-5-16-11-23(3)7-6-14(16)9-15;1-2-4-3-5/h4-5,8-10,24-25H,6-7,11H2,1-3H3;3H,2H2,1H3,(H,4,5). The van der Waals surface area contributed by atoms with E-state index in [4.69, 9.17) is 4.52 Å². The maximum atomic E-state index is 10.3. The van der Waals surface area contributed by atoms with Crippen molar-refractivity contribution in [1.82, 2.24) is 15.4 Å². The van der Waals surface area contributed by atoms with Crippen molar-refractivity contribution in [2.24, 2.45) is 0 Å². The molecule has 2 aromatic carbocycles. The third kappa shape index (κ3) is 4.88. The van der Waals surface area contributed by atoms with Crippen LogP contribution < -0.4 is 5.32 Å². The Kier molecular flexibility index (Phi) is 6.97. The van der Waals surface area contributed by atoms with Gasteiger partial charge in [0.2, 0.25) is 6.41 Å². The number of likely N-dealkylation sites (N-methyl/N-ethyl adjacent to an activating group) is 1. The molecule has 0 unspecified atom stereocenters. The van der Waals surface area contributed by atoms with Gasteiger partial charge < -0.3 is 25.0 Å². The van der Waals surface area contributed by atoms with E-state index in [1.165, 1.54) is 17.2 Å². The van der Waals surface area contributed by atoms with E-state index in [0.717, 1.165) is 42.9 Å². The smallest absolute Gasteiger partial charge is 0.207 e. The van der Waals surface area contributed by atoms with Crippen molar-refractivity contribution < 1.29 is 19.5 Å². The molecule has 164 valence electrons. The van der Waals surface area contributed by atoms with Crippen LogP contribution in [0.15, 0.2) is 34.9 Å². The fourth-order valence-electron chi connectivity index (χ4n) is 3.69. The minimum Gasteiger partial charge on any atom is -0.508 e. The number of amides is 1. The highest BCUT2D eigenvalue weighted by atomic mass is 16.5. The zero-order valence-electron chi connectivity index (χ0n) is 18.4. The number of nitrogens with one attached hydrogen (secondary N) is 1. The number of hydrogen-bond donors (Lipinski definition) is 3. The number of rotatable bonds is 4. The summed E-state index contributed by atoms with van der Waals surface area (Å²) in [6.45, 7) is 8.29. The van der Waals surface area contributed by atoms with Crippen LogP contribution in [0.4, 0.5) is 0 Å². The number of aromatic nitrogens is 1. The lowest BCUT2D eigenvalue weighted by molar-refractivity contribution is -0.109. The minimum absolute atomic E-state index is 0.0231. The molecule has 2 heterocycles. The number of phenolic OH excluding ortho intramolecular Hbond substituents is 2. The molecule has 4 rings (SSSR count). The summed E-state index contributed by atoms with van der Waals surface area (Å²) in [5.74, 6) is 0.558. The Bertz CT molecular complexity index is 1070. The number of aromatic hydroxyl groups is 2. The van der Waals surface area contributed by atoms with E-state index < -0.39 is 0 Å². The SMILES string of the molecule is CCNC=O.Cc1cc(-c2onc(C)c2-c2ccc3c(c2)CCN(C)C3)c(O)cc1O. The molecule has 7 nitrogen and oxygen atoms in total. The van der Waals surface area contributed by atoms with Crippen LogP contribution in [0.5, 0.6) is 11.5 Å². The largest absolute Gasteiger partial charge is 0.508 e. The Labute approximate surface area is 182 Å². The number of aryl methyl sites for hydroxylation is 2. The third-order valence-electron chi connectivity index (χ3n) is 5.41. The zero-order valence-corrected chi connectivity index (χ0v) is 18.4. The summed E-state index contributed by atoms with van der Waals surface area (Å²) in [5.41, 5.74) is 6.59. The molecule has 3 N–H and O–H groups in total. The first-order valence-corrected chi connectivity index (χ1v) is 10.3. The molecule has 0 radical (unpaired) electrons. The summed E-state index contributed by atoms with van der Waals surface area (Å²) in [7, 11) is 2.13. The van der Waals surface area contributed by atoms with E-state index in [0.29, 0.717) is 23.3 Å². The van der Waals surface area contributed by atoms with Gasteiger partial charge in [0, 0.05) is 25.7 Å². The number of carbonyl (C=O) groups excluding carboxylic acids is 1. The summed E-state index contributed by atoms with van der Waals surface area (Å²) in [4.78, 5) is 11.6. The summed E-state index contributed by atoms with van der Waals surface area (Å²) < 4.78 is 5.57. The molecule has 1 aromatic heterocycles. The first-order valence-electron chi connectivity index (χ1n) is 10.3. The van der Waals surface area contributed by atoms with Gasteiger partial charge in [-0.15, -0.1) is 0 Å². The van der Waals surface area contributed by atoms with Crippen molar-refractivity contribution in [3.05, 3.63) is 52.7 Å².